The third-order valence-corrected chi connectivity index (χ3v) is 2.47. The quantitative estimate of drug-likeness (QED) is 0.705. The van der Waals surface area contributed by atoms with E-state index in [-0.39, 0.29) is 19.7 Å². The predicted molar refractivity (Wildman–Crippen MR) is 63.6 cm³/mol. The fourth-order valence-electron chi connectivity index (χ4n) is 1.18. The summed E-state index contributed by atoms with van der Waals surface area (Å²) in [5, 5.41) is 0. The fourth-order valence-corrected chi connectivity index (χ4v) is 1.56. The average Bonchev–Trinajstić information content (AvgIpc) is 2.26. The van der Waals surface area contributed by atoms with Gasteiger partial charge in [-0.25, -0.2) is 0 Å². The van der Waals surface area contributed by atoms with Gasteiger partial charge in [-0.1, -0.05) is 30.3 Å². The highest BCUT2D eigenvalue weighted by molar-refractivity contribution is 7.85. The highest BCUT2D eigenvalue weighted by atomic mass is 32.2. The summed E-state index contributed by atoms with van der Waals surface area (Å²) in [6.07, 6.45) is 0.934. The predicted octanol–water partition coefficient (Wildman–Crippen LogP) is 1.09. The summed E-state index contributed by atoms with van der Waals surface area (Å²) in [6, 6.07) is 9.11. The molecule has 0 unspecified atom stereocenters. The molecule has 0 atom stereocenters. The Morgan fingerprint density at radius 2 is 2.06 bits per heavy atom. The molecule has 1 aromatic carbocycles. The molecule has 0 saturated carbocycles. The Kier molecular flexibility index (Phi) is 3.42. The Balaban J connectivity index is 2.63. The molecule has 0 spiro atoms. The lowest BCUT2D eigenvalue weighted by atomic mass is 10.2. The second kappa shape index (κ2) is 5.98. The van der Waals surface area contributed by atoms with E-state index in [0.717, 1.165) is 11.8 Å². The Labute approximate surface area is 101 Å². The number of likely N-dealkylation sites (N-methyl/N-ethyl adjacent to an activating group) is 1. The van der Waals surface area contributed by atoms with Crippen LogP contribution in [0.25, 0.3) is 0 Å². The SMILES string of the molecule is [2H]C([2H])([2H])N(CCOS(C)(=O)=O)Cc1ccccc1. The van der Waals surface area contributed by atoms with Crippen LogP contribution in [0.1, 0.15) is 9.68 Å². The van der Waals surface area contributed by atoms with Crippen LogP contribution in [0.4, 0.5) is 0 Å². The van der Waals surface area contributed by atoms with Gasteiger partial charge < -0.3 is 0 Å². The van der Waals surface area contributed by atoms with Crippen molar-refractivity contribution in [3.8, 4) is 0 Å². The van der Waals surface area contributed by atoms with E-state index in [1.807, 2.05) is 30.3 Å². The number of benzene rings is 1. The molecular weight excluding hydrogens is 226 g/mol. The van der Waals surface area contributed by atoms with Crippen LogP contribution in [0, 0.1) is 0 Å². The van der Waals surface area contributed by atoms with E-state index in [1.165, 1.54) is 4.90 Å². The molecule has 0 N–H and O–H groups in total. The van der Waals surface area contributed by atoms with E-state index in [9.17, 15) is 8.42 Å². The van der Waals surface area contributed by atoms with Gasteiger partial charge in [0.2, 0.25) is 0 Å². The van der Waals surface area contributed by atoms with E-state index in [4.69, 9.17) is 4.11 Å². The minimum atomic E-state index is -3.55. The molecule has 1 rings (SSSR count). The summed E-state index contributed by atoms with van der Waals surface area (Å²) in [6.45, 7) is -2.25. The van der Waals surface area contributed by atoms with Crippen LogP contribution in [0.2, 0.25) is 0 Å². The minimum Gasteiger partial charge on any atom is -0.300 e. The van der Waals surface area contributed by atoms with Gasteiger partial charge in [-0.3, -0.25) is 9.08 Å². The van der Waals surface area contributed by atoms with Gasteiger partial charge in [0.15, 0.2) is 0 Å². The smallest absolute Gasteiger partial charge is 0.264 e. The van der Waals surface area contributed by atoms with Gasteiger partial charge >= 0.3 is 0 Å². The lowest BCUT2D eigenvalue weighted by molar-refractivity contribution is 0.238. The Hall–Kier alpha value is -0.910. The van der Waals surface area contributed by atoms with E-state index in [1.54, 1.807) is 0 Å². The minimum absolute atomic E-state index is 0.0124. The molecule has 0 bridgehead atoms. The molecule has 0 saturated heterocycles. The Morgan fingerprint density at radius 1 is 1.38 bits per heavy atom. The van der Waals surface area contributed by atoms with E-state index in [2.05, 4.69) is 4.18 Å². The van der Waals surface area contributed by atoms with Crippen LogP contribution < -0.4 is 0 Å². The third kappa shape index (κ3) is 5.85. The number of rotatable bonds is 6. The van der Waals surface area contributed by atoms with Crippen molar-refractivity contribution in [1.29, 1.82) is 0 Å². The highest BCUT2D eigenvalue weighted by Crippen LogP contribution is 2.02. The van der Waals surface area contributed by atoms with Crippen LogP contribution in [-0.2, 0) is 20.8 Å². The lowest BCUT2D eigenvalue weighted by Crippen LogP contribution is -2.23. The van der Waals surface area contributed by atoms with Gasteiger partial charge in [0.05, 0.1) is 12.9 Å². The van der Waals surface area contributed by atoms with Crippen molar-refractivity contribution in [2.45, 2.75) is 6.54 Å². The first-order chi connectivity index (χ1) is 8.68. The van der Waals surface area contributed by atoms with Gasteiger partial charge in [0.25, 0.3) is 10.1 Å². The summed E-state index contributed by atoms with van der Waals surface area (Å²) in [5.74, 6) is 0. The zero-order valence-corrected chi connectivity index (χ0v) is 9.90. The van der Waals surface area contributed by atoms with Crippen molar-refractivity contribution in [1.82, 2.24) is 4.90 Å². The Morgan fingerprint density at radius 3 is 2.62 bits per heavy atom. The van der Waals surface area contributed by atoms with Crippen molar-refractivity contribution >= 4 is 10.1 Å². The summed E-state index contributed by atoms with van der Waals surface area (Å²) in [5.41, 5.74) is 0.845. The number of hydrogen-bond donors (Lipinski definition) is 0. The first-order valence-corrected chi connectivity index (χ1v) is 6.63. The maximum atomic E-state index is 10.8. The third-order valence-electron chi connectivity index (χ3n) is 1.87. The maximum Gasteiger partial charge on any atom is 0.264 e. The van der Waals surface area contributed by atoms with Crippen LogP contribution >= 0.6 is 0 Å². The Bertz CT molecular complexity index is 488. The average molecular weight is 246 g/mol. The van der Waals surface area contributed by atoms with Crippen LogP contribution in [0.3, 0.4) is 0 Å². The lowest BCUT2D eigenvalue weighted by Gasteiger charge is -2.15. The first kappa shape index (κ1) is 9.15. The molecule has 4 nitrogen and oxygen atoms in total. The van der Waals surface area contributed by atoms with Crippen LogP contribution in [0.15, 0.2) is 30.3 Å². The summed E-state index contributed by atoms with van der Waals surface area (Å²) in [7, 11) is -3.55. The van der Waals surface area contributed by atoms with Gasteiger partial charge in [-0.15, -0.1) is 0 Å². The van der Waals surface area contributed by atoms with E-state index < -0.39 is 17.1 Å². The summed E-state index contributed by atoms with van der Waals surface area (Å²) >= 11 is 0. The second-order valence-electron chi connectivity index (χ2n) is 3.43. The van der Waals surface area contributed by atoms with Crippen molar-refractivity contribution < 1.29 is 16.7 Å². The molecule has 0 aliphatic carbocycles. The fraction of sp³-hybridized carbons (Fsp3) is 0.455. The largest absolute Gasteiger partial charge is 0.300 e. The van der Waals surface area contributed by atoms with Crippen molar-refractivity contribution in [3.05, 3.63) is 35.9 Å². The number of nitrogens with zero attached hydrogens (tertiary/aromatic N) is 1. The van der Waals surface area contributed by atoms with Crippen LogP contribution in [-0.4, -0.2) is 39.7 Å². The monoisotopic (exact) mass is 246 g/mol. The summed E-state index contributed by atoms with van der Waals surface area (Å²) in [4.78, 5) is 1.20. The molecule has 0 amide bonds. The maximum absolute atomic E-state index is 10.8. The molecular formula is C11H17NO3S. The number of hydrogen-bond acceptors (Lipinski definition) is 4. The van der Waals surface area contributed by atoms with Gasteiger partial charge in [-0.05, 0) is 12.5 Å². The van der Waals surface area contributed by atoms with E-state index >= 15 is 0 Å². The van der Waals surface area contributed by atoms with Gasteiger partial charge in [0.1, 0.15) is 0 Å². The van der Waals surface area contributed by atoms with Crippen LogP contribution in [0.5, 0.6) is 0 Å². The molecule has 90 valence electrons. The summed E-state index contributed by atoms with van der Waals surface area (Å²) < 4.78 is 48.5. The molecule has 0 aliphatic heterocycles. The normalized spacial score (nSPS) is 15.5. The molecule has 0 fully saturated rings. The van der Waals surface area contributed by atoms with Crippen molar-refractivity contribution in [2.75, 3.05) is 26.4 Å². The molecule has 16 heavy (non-hydrogen) atoms. The molecule has 1 aromatic rings. The molecule has 0 radical (unpaired) electrons. The zero-order valence-electron chi connectivity index (χ0n) is 12.1. The van der Waals surface area contributed by atoms with Gasteiger partial charge in [0, 0.05) is 17.2 Å². The van der Waals surface area contributed by atoms with E-state index in [0.29, 0.717) is 0 Å². The zero-order chi connectivity index (χ0) is 14.5. The standard InChI is InChI=1S/C11H17NO3S/c1-12(8-9-15-16(2,13)14)10-11-6-4-3-5-7-11/h3-7H,8-10H2,1-2H3/i1D3. The highest BCUT2D eigenvalue weighted by Gasteiger charge is 2.04. The molecule has 0 aliphatic rings. The topological polar surface area (TPSA) is 46.6 Å². The molecule has 0 aromatic heterocycles. The van der Waals surface area contributed by atoms with Crippen molar-refractivity contribution in [3.63, 3.8) is 0 Å². The molecule has 0 heterocycles. The molecule has 5 heteroatoms. The van der Waals surface area contributed by atoms with Crippen molar-refractivity contribution in [2.24, 2.45) is 0 Å². The van der Waals surface area contributed by atoms with Gasteiger partial charge in [-0.2, -0.15) is 8.42 Å². The second-order valence-corrected chi connectivity index (χ2v) is 5.08. The first-order valence-electron chi connectivity index (χ1n) is 6.32.